The van der Waals surface area contributed by atoms with Crippen LogP contribution in [0.5, 0.6) is 0 Å². The first kappa shape index (κ1) is 14.9. The maximum atomic E-state index is 13.8. The Hall–Kier alpha value is -1.17. The van der Waals surface area contributed by atoms with E-state index in [4.69, 9.17) is 11.0 Å². The van der Waals surface area contributed by atoms with Crippen molar-refractivity contribution >= 4 is 31.6 Å². The Labute approximate surface area is 113 Å². The summed E-state index contributed by atoms with van der Waals surface area (Å²) in [5.41, 5.74) is 5.63. The van der Waals surface area contributed by atoms with Crippen molar-refractivity contribution in [3.05, 3.63) is 22.4 Å². The van der Waals surface area contributed by atoms with E-state index in [2.05, 4.69) is 15.9 Å². The molecule has 0 aromatic heterocycles. The third kappa shape index (κ3) is 2.98. The monoisotopic (exact) mass is 335 g/mol. The maximum Gasteiger partial charge on any atom is 0.245 e. The van der Waals surface area contributed by atoms with Crippen molar-refractivity contribution in [1.82, 2.24) is 4.31 Å². The van der Waals surface area contributed by atoms with E-state index in [-0.39, 0.29) is 23.1 Å². The molecule has 0 saturated carbocycles. The number of benzene rings is 1. The number of rotatable bonds is 4. The molecule has 18 heavy (non-hydrogen) atoms. The van der Waals surface area contributed by atoms with Gasteiger partial charge in [-0.1, -0.05) is 0 Å². The summed E-state index contributed by atoms with van der Waals surface area (Å²) in [6.45, 7) is -0.00923. The summed E-state index contributed by atoms with van der Waals surface area (Å²) in [5, 5.41) is 8.42. The minimum atomic E-state index is -3.99. The molecule has 2 N–H and O–H groups in total. The van der Waals surface area contributed by atoms with Gasteiger partial charge in [-0.05, 0) is 28.1 Å². The lowest BCUT2D eigenvalue weighted by Gasteiger charge is -2.16. The first-order valence-corrected chi connectivity index (χ1v) is 7.12. The summed E-state index contributed by atoms with van der Waals surface area (Å²) >= 11 is 2.90. The van der Waals surface area contributed by atoms with E-state index >= 15 is 0 Å². The van der Waals surface area contributed by atoms with Gasteiger partial charge < -0.3 is 5.73 Å². The minimum Gasteiger partial charge on any atom is -0.399 e. The average Bonchev–Trinajstić information content (AvgIpc) is 2.30. The van der Waals surface area contributed by atoms with Crippen LogP contribution in [-0.2, 0) is 10.0 Å². The van der Waals surface area contributed by atoms with Crippen LogP contribution in [0.15, 0.2) is 21.5 Å². The van der Waals surface area contributed by atoms with Crippen LogP contribution in [0.2, 0.25) is 0 Å². The van der Waals surface area contributed by atoms with E-state index in [1.807, 2.05) is 6.07 Å². The predicted molar refractivity (Wildman–Crippen MR) is 68.6 cm³/mol. The lowest BCUT2D eigenvalue weighted by Crippen LogP contribution is -2.28. The Balaban J connectivity index is 3.25. The lowest BCUT2D eigenvalue weighted by molar-refractivity contribution is 0.468. The van der Waals surface area contributed by atoms with E-state index in [9.17, 15) is 12.8 Å². The van der Waals surface area contributed by atoms with Gasteiger partial charge in [0, 0.05) is 25.7 Å². The average molecular weight is 336 g/mol. The van der Waals surface area contributed by atoms with E-state index in [1.54, 1.807) is 0 Å². The molecule has 0 amide bonds. The van der Waals surface area contributed by atoms with E-state index in [0.29, 0.717) is 0 Å². The van der Waals surface area contributed by atoms with Crippen molar-refractivity contribution in [2.24, 2.45) is 0 Å². The highest BCUT2D eigenvalue weighted by molar-refractivity contribution is 9.10. The Kier molecular flexibility index (Phi) is 4.67. The van der Waals surface area contributed by atoms with Crippen molar-refractivity contribution in [1.29, 1.82) is 5.26 Å². The Morgan fingerprint density at radius 1 is 1.56 bits per heavy atom. The molecule has 0 atom stereocenters. The zero-order chi connectivity index (χ0) is 13.9. The van der Waals surface area contributed by atoms with Crippen LogP contribution in [0.3, 0.4) is 0 Å². The topological polar surface area (TPSA) is 87.2 Å². The number of halogens is 2. The molecule has 0 unspecified atom stereocenters. The standard InChI is InChI=1S/C10H11BrFN3O2S/c1-15(4-2-3-13)18(16,17)9-6-7(14)5-8(11)10(9)12/h5-6H,2,4,14H2,1H3. The van der Waals surface area contributed by atoms with Crippen LogP contribution in [0.4, 0.5) is 10.1 Å². The minimum absolute atomic E-state index is 0.00923. The highest BCUT2D eigenvalue weighted by Crippen LogP contribution is 2.27. The van der Waals surface area contributed by atoms with E-state index in [1.165, 1.54) is 13.1 Å². The molecule has 8 heteroatoms. The number of hydrogen-bond acceptors (Lipinski definition) is 4. The molecule has 0 aliphatic carbocycles. The molecule has 0 aliphatic heterocycles. The molecule has 1 aromatic rings. The molecule has 0 radical (unpaired) electrons. The van der Waals surface area contributed by atoms with Crippen molar-refractivity contribution in [2.45, 2.75) is 11.3 Å². The molecule has 0 heterocycles. The summed E-state index contributed by atoms with van der Waals surface area (Å²) in [7, 11) is -2.71. The fraction of sp³-hybridized carbons (Fsp3) is 0.300. The van der Waals surface area contributed by atoms with Crippen LogP contribution >= 0.6 is 15.9 Å². The number of nitrogens with two attached hydrogens (primary N) is 1. The molecule has 1 aromatic carbocycles. The van der Waals surface area contributed by atoms with Gasteiger partial charge >= 0.3 is 0 Å². The maximum absolute atomic E-state index is 13.8. The highest BCUT2D eigenvalue weighted by Gasteiger charge is 2.26. The second kappa shape index (κ2) is 5.65. The molecule has 5 nitrogen and oxygen atoms in total. The van der Waals surface area contributed by atoms with Crippen molar-refractivity contribution in [3.8, 4) is 6.07 Å². The smallest absolute Gasteiger partial charge is 0.245 e. The molecule has 1 rings (SSSR count). The van der Waals surface area contributed by atoms with Crippen LogP contribution in [0.1, 0.15) is 6.42 Å². The number of nitrogens with zero attached hydrogens (tertiary/aromatic N) is 2. The summed E-state index contributed by atoms with van der Waals surface area (Å²) in [6.07, 6.45) is 0.0286. The number of nitriles is 1. The van der Waals surface area contributed by atoms with Crippen LogP contribution in [0, 0.1) is 17.1 Å². The Bertz CT molecular complexity index is 598. The molecular weight excluding hydrogens is 325 g/mol. The van der Waals surface area contributed by atoms with Crippen molar-refractivity contribution in [2.75, 3.05) is 19.3 Å². The van der Waals surface area contributed by atoms with Gasteiger partial charge in [-0.15, -0.1) is 0 Å². The zero-order valence-electron chi connectivity index (χ0n) is 9.52. The molecule has 0 spiro atoms. The highest BCUT2D eigenvalue weighted by atomic mass is 79.9. The van der Waals surface area contributed by atoms with Gasteiger partial charge in [0.15, 0.2) is 5.82 Å². The molecular formula is C10H11BrFN3O2S. The predicted octanol–water partition coefficient (Wildman–Crippen LogP) is 1.70. The van der Waals surface area contributed by atoms with Crippen molar-refractivity contribution in [3.63, 3.8) is 0 Å². The van der Waals surface area contributed by atoms with E-state index < -0.39 is 20.7 Å². The lowest BCUT2D eigenvalue weighted by atomic mass is 10.3. The normalized spacial score (nSPS) is 11.5. The van der Waals surface area contributed by atoms with Gasteiger partial charge in [-0.2, -0.15) is 9.57 Å². The van der Waals surface area contributed by atoms with Gasteiger partial charge in [0.1, 0.15) is 4.90 Å². The van der Waals surface area contributed by atoms with Gasteiger partial charge in [0.25, 0.3) is 0 Å². The summed E-state index contributed by atoms with van der Waals surface area (Å²) in [5.74, 6) is -0.895. The van der Waals surface area contributed by atoms with Gasteiger partial charge in [-0.3, -0.25) is 0 Å². The Morgan fingerprint density at radius 3 is 2.72 bits per heavy atom. The molecule has 0 aliphatic rings. The fourth-order valence-electron chi connectivity index (χ4n) is 1.27. The summed E-state index contributed by atoms with van der Waals surface area (Å²) in [4.78, 5) is -0.505. The van der Waals surface area contributed by atoms with Crippen LogP contribution in [0.25, 0.3) is 0 Å². The van der Waals surface area contributed by atoms with Crippen LogP contribution in [-0.4, -0.2) is 26.3 Å². The second-order valence-electron chi connectivity index (χ2n) is 3.55. The van der Waals surface area contributed by atoms with Gasteiger partial charge in [0.05, 0.1) is 10.5 Å². The molecule has 0 fully saturated rings. The quantitative estimate of drug-likeness (QED) is 0.848. The summed E-state index contributed by atoms with van der Waals surface area (Å²) in [6, 6.07) is 4.16. The third-order valence-electron chi connectivity index (χ3n) is 2.24. The number of hydrogen-bond donors (Lipinski definition) is 1. The first-order chi connectivity index (χ1) is 8.30. The molecule has 0 saturated heterocycles. The molecule has 98 valence electrons. The third-order valence-corrected chi connectivity index (χ3v) is 4.68. The van der Waals surface area contributed by atoms with Crippen LogP contribution < -0.4 is 5.73 Å². The summed E-state index contributed by atoms with van der Waals surface area (Å²) < 4.78 is 38.8. The Morgan fingerprint density at radius 2 is 2.17 bits per heavy atom. The van der Waals surface area contributed by atoms with Gasteiger partial charge in [0.2, 0.25) is 10.0 Å². The largest absolute Gasteiger partial charge is 0.399 e. The second-order valence-corrected chi connectivity index (χ2v) is 6.42. The fourth-order valence-corrected chi connectivity index (χ4v) is 3.17. The first-order valence-electron chi connectivity index (χ1n) is 4.88. The van der Waals surface area contributed by atoms with E-state index in [0.717, 1.165) is 10.4 Å². The van der Waals surface area contributed by atoms with Crippen molar-refractivity contribution < 1.29 is 12.8 Å². The number of sulfonamides is 1. The SMILES string of the molecule is CN(CCC#N)S(=O)(=O)c1cc(N)cc(Br)c1F. The molecule has 0 bridgehead atoms. The zero-order valence-corrected chi connectivity index (χ0v) is 11.9. The van der Waals surface area contributed by atoms with Gasteiger partial charge in [-0.25, -0.2) is 12.8 Å². The number of anilines is 1. The number of nitrogen functional groups attached to an aromatic ring is 1.